The molecule has 5 nitrogen and oxygen atoms in total. The van der Waals surface area contributed by atoms with Crippen LogP contribution in [0, 0.1) is 5.95 Å². The molecule has 2 aromatic heterocycles. The van der Waals surface area contributed by atoms with Crippen molar-refractivity contribution in [2.45, 2.75) is 37.4 Å². The zero-order chi connectivity index (χ0) is 15.1. The minimum absolute atomic E-state index is 0.148. The number of nitrogens with zero attached hydrogens (tertiary/aromatic N) is 1. The fraction of sp³-hybridized carbons (Fsp3) is 0.375. The first-order chi connectivity index (χ1) is 10.7. The Balaban J connectivity index is 1.49. The highest BCUT2D eigenvalue weighted by Gasteiger charge is 2.39. The molecule has 4 rings (SSSR count). The monoisotopic (exact) mass is 301 g/mol. The smallest absolute Gasteiger partial charge is 0.287 e. The Kier molecular flexibility index (Phi) is 3.18. The molecule has 0 radical (unpaired) electrons. The van der Waals surface area contributed by atoms with E-state index in [4.69, 9.17) is 4.42 Å². The minimum Gasteiger partial charge on any atom is -0.451 e. The lowest BCUT2D eigenvalue weighted by molar-refractivity contribution is 0.0903. The van der Waals surface area contributed by atoms with Gasteiger partial charge in [-0.15, -0.1) is 0 Å². The van der Waals surface area contributed by atoms with Gasteiger partial charge in [0.1, 0.15) is 5.76 Å². The zero-order valence-electron chi connectivity index (χ0n) is 11.9. The second kappa shape index (κ2) is 5.21. The van der Waals surface area contributed by atoms with E-state index >= 15 is 0 Å². The molecule has 0 saturated carbocycles. The molecular formula is C16H16FN3O2. The van der Waals surface area contributed by atoms with Crippen LogP contribution in [0.2, 0.25) is 0 Å². The predicted octanol–water partition coefficient (Wildman–Crippen LogP) is 2.10. The zero-order valence-corrected chi connectivity index (χ0v) is 11.9. The van der Waals surface area contributed by atoms with Crippen molar-refractivity contribution in [3.8, 4) is 11.3 Å². The molecule has 3 unspecified atom stereocenters. The Morgan fingerprint density at radius 2 is 2.27 bits per heavy atom. The van der Waals surface area contributed by atoms with Crippen LogP contribution in [-0.2, 0) is 0 Å². The average molecular weight is 301 g/mol. The summed E-state index contributed by atoms with van der Waals surface area (Å²) >= 11 is 0. The van der Waals surface area contributed by atoms with Crippen molar-refractivity contribution in [1.82, 2.24) is 15.6 Å². The second-order valence-electron chi connectivity index (χ2n) is 5.87. The first-order valence-corrected chi connectivity index (χ1v) is 7.48. The van der Waals surface area contributed by atoms with E-state index in [-0.39, 0.29) is 23.3 Å². The van der Waals surface area contributed by atoms with Crippen LogP contribution in [-0.4, -0.2) is 29.0 Å². The molecule has 22 heavy (non-hydrogen) atoms. The van der Waals surface area contributed by atoms with Crippen LogP contribution in [0.5, 0.6) is 0 Å². The third kappa shape index (κ3) is 2.29. The lowest BCUT2D eigenvalue weighted by atomic mass is 9.95. The summed E-state index contributed by atoms with van der Waals surface area (Å²) in [5.74, 6) is -0.362. The van der Waals surface area contributed by atoms with Crippen molar-refractivity contribution in [2.24, 2.45) is 0 Å². The standard InChI is InChI=1S/C16H16FN3O2/c17-15-10(2-1-7-18-15)13-5-6-14(22-13)16(21)20-12-8-9-3-4-11(12)19-9/h1-2,5-7,9,11-12,19H,3-4,8H2,(H,20,21). The summed E-state index contributed by atoms with van der Waals surface area (Å²) in [5.41, 5.74) is 0.253. The van der Waals surface area contributed by atoms with Crippen LogP contribution in [0.1, 0.15) is 29.8 Å². The van der Waals surface area contributed by atoms with Gasteiger partial charge in [-0.2, -0.15) is 4.39 Å². The Labute approximate surface area is 126 Å². The van der Waals surface area contributed by atoms with E-state index in [1.54, 1.807) is 24.3 Å². The Morgan fingerprint density at radius 3 is 3.00 bits per heavy atom. The topological polar surface area (TPSA) is 67.2 Å². The number of rotatable bonds is 3. The van der Waals surface area contributed by atoms with Crippen LogP contribution in [0.15, 0.2) is 34.9 Å². The minimum atomic E-state index is -0.610. The highest BCUT2D eigenvalue weighted by atomic mass is 19.1. The molecule has 3 atom stereocenters. The van der Waals surface area contributed by atoms with Gasteiger partial charge >= 0.3 is 0 Å². The number of aromatic nitrogens is 1. The number of nitrogens with one attached hydrogen (secondary N) is 2. The van der Waals surface area contributed by atoms with Crippen molar-refractivity contribution in [1.29, 1.82) is 0 Å². The summed E-state index contributed by atoms with van der Waals surface area (Å²) in [6.45, 7) is 0. The summed E-state index contributed by atoms with van der Waals surface area (Å²) in [6.07, 6.45) is 4.61. The van der Waals surface area contributed by atoms with Gasteiger partial charge in [-0.05, 0) is 43.5 Å². The van der Waals surface area contributed by atoms with Gasteiger partial charge in [-0.3, -0.25) is 4.79 Å². The van der Waals surface area contributed by atoms with Crippen molar-refractivity contribution >= 4 is 5.91 Å². The molecule has 0 aliphatic carbocycles. The lowest BCUT2D eigenvalue weighted by Crippen LogP contribution is -2.42. The molecule has 2 saturated heterocycles. The predicted molar refractivity (Wildman–Crippen MR) is 77.7 cm³/mol. The third-order valence-electron chi connectivity index (χ3n) is 4.47. The Hall–Kier alpha value is -2.21. The summed E-state index contributed by atoms with van der Waals surface area (Å²) in [6, 6.07) is 7.39. The van der Waals surface area contributed by atoms with E-state index in [1.165, 1.54) is 12.6 Å². The highest BCUT2D eigenvalue weighted by Crippen LogP contribution is 2.29. The fourth-order valence-corrected chi connectivity index (χ4v) is 3.40. The van der Waals surface area contributed by atoms with E-state index in [0.29, 0.717) is 17.8 Å². The van der Waals surface area contributed by atoms with Gasteiger partial charge in [0.25, 0.3) is 5.91 Å². The maximum absolute atomic E-state index is 13.6. The molecule has 2 aliphatic heterocycles. The van der Waals surface area contributed by atoms with Crippen molar-refractivity contribution in [3.63, 3.8) is 0 Å². The number of carbonyl (C=O) groups is 1. The number of pyridine rings is 1. The lowest BCUT2D eigenvalue weighted by Gasteiger charge is -2.20. The van der Waals surface area contributed by atoms with Crippen molar-refractivity contribution in [2.75, 3.05) is 0 Å². The van der Waals surface area contributed by atoms with Crippen molar-refractivity contribution < 1.29 is 13.6 Å². The van der Waals surface area contributed by atoms with E-state index < -0.39 is 5.95 Å². The first kappa shape index (κ1) is 13.5. The van der Waals surface area contributed by atoms with Gasteiger partial charge in [0.15, 0.2) is 5.76 Å². The summed E-state index contributed by atoms with van der Waals surface area (Å²) in [7, 11) is 0. The Bertz CT molecular complexity index is 715. The maximum atomic E-state index is 13.6. The summed E-state index contributed by atoms with van der Waals surface area (Å²) in [5, 5.41) is 6.47. The van der Waals surface area contributed by atoms with Crippen LogP contribution in [0.25, 0.3) is 11.3 Å². The maximum Gasteiger partial charge on any atom is 0.287 e. The fourth-order valence-electron chi connectivity index (χ4n) is 3.40. The molecular weight excluding hydrogens is 285 g/mol. The van der Waals surface area contributed by atoms with Gasteiger partial charge in [0, 0.05) is 24.3 Å². The molecule has 4 heterocycles. The van der Waals surface area contributed by atoms with Crippen LogP contribution < -0.4 is 10.6 Å². The normalized spacial score (nSPS) is 26.3. The largest absolute Gasteiger partial charge is 0.451 e. The quantitative estimate of drug-likeness (QED) is 0.852. The Morgan fingerprint density at radius 1 is 1.36 bits per heavy atom. The average Bonchev–Trinajstić information content (AvgIpc) is 3.24. The van der Waals surface area contributed by atoms with Crippen molar-refractivity contribution in [3.05, 3.63) is 42.2 Å². The molecule has 2 aromatic rings. The molecule has 2 N–H and O–H groups in total. The molecule has 0 aromatic carbocycles. The van der Waals surface area contributed by atoms with E-state index in [2.05, 4.69) is 15.6 Å². The van der Waals surface area contributed by atoms with E-state index in [9.17, 15) is 9.18 Å². The van der Waals surface area contributed by atoms with Crippen LogP contribution >= 0.6 is 0 Å². The van der Waals surface area contributed by atoms with E-state index in [1.807, 2.05) is 0 Å². The number of carbonyl (C=O) groups excluding carboxylic acids is 1. The molecule has 1 amide bonds. The molecule has 0 spiro atoms. The first-order valence-electron chi connectivity index (χ1n) is 7.48. The van der Waals surface area contributed by atoms with Gasteiger partial charge in [-0.1, -0.05) is 0 Å². The van der Waals surface area contributed by atoms with E-state index in [0.717, 1.165) is 12.8 Å². The highest BCUT2D eigenvalue weighted by molar-refractivity contribution is 5.92. The molecule has 2 bridgehead atoms. The van der Waals surface area contributed by atoms with Gasteiger partial charge in [-0.25, -0.2) is 4.98 Å². The van der Waals surface area contributed by atoms with Gasteiger partial charge in [0.2, 0.25) is 5.95 Å². The summed E-state index contributed by atoms with van der Waals surface area (Å²) in [4.78, 5) is 15.8. The molecule has 2 fully saturated rings. The van der Waals surface area contributed by atoms with Gasteiger partial charge in [0.05, 0.1) is 5.56 Å². The number of hydrogen-bond acceptors (Lipinski definition) is 4. The number of halogens is 1. The van der Waals surface area contributed by atoms with Crippen LogP contribution in [0.3, 0.4) is 0 Å². The molecule has 2 aliphatic rings. The number of amides is 1. The summed E-state index contributed by atoms with van der Waals surface area (Å²) < 4.78 is 19.1. The number of furan rings is 1. The third-order valence-corrected chi connectivity index (χ3v) is 4.47. The van der Waals surface area contributed by atoms with Gasteiger partial charge < -0.3 is 15.1 Å². The second-order valence-corrected chi connectivity index (χ2v) is 5.87. The SMILES string of the molecule is O=C(NC1CC2CCC1N2)c1ccc(-c2cccnc2F)o1. The number of fused-ring (bicyclic) bond motifs is 2. The number of hydrogen-bond donors (Lipinski definition) is 2. The molecule has 6 heteroatoms. The molecule has 114 valence electrons. The van der Waals surface area contributed by atoms with Crippen LogP contribution in [0.4, 0.5) is 4.39 Å².